The monoisotopic (exact) mass is 357 g/mol. The SMILES string of the molecule is CN1c2c(Br)csc2C(=O)c2ccccc2S1(=O)=O. The summed E-state index contributed by atoms with van der Waals surface area (Å²) in [6.45, 7) is 0. The van der Waals surface area contributed by atoms with Crippen LogP contribution in [-0.4, -0.2) is 21.2 Å². The molecule has 0 radical (unpaired) electrons. The average Bonchev–Trinajstić information content (AvgIpc) is 2.76. The quantitative estimate of drug-likeness (QED) is 0.728. The second-order valence-corrected chi connectivity index (χ2v) is 7.73. The lowest BCUT2D eigenvalue weighted by Crippen LogP contribution is -2.26. The number of thiophene rings is 1. The third kappa shape index (κ3) is 1.69. The van der Waals surface area contributed by atoms with Gasteiger partial charge in [0.15, 0.2) is 0 Å². The molecule has 0 saturated heterocycles. The summed E-state index contributed by atoms with van der Waals surface area (Å²) in [7, 11) is -2.25. The summed E-state index contributed by atoms with van der Waals surface area (Å²) >= 11 is 4.54. The fraction of sp³-hybridized carbons (Fsp3) is 0.0833. The summed E-state index contributed by atoms with van der Waals surface area (Å²) in [6.07, 6.45) is 0. The minimum absolute atomic E-state index is 0.0535. The van der Waals surface area contributed by atoms with Gasteiger partial charge >= 0.3 is 0 Å². The van der Waals surface area contributed by atoms with Crippen LogP contribution in [0.15, 0.2) is 39.0 Å². The summed E-state index contributed by atoms with van der Waals surface area (Å²) in [6, 6.07) is 6.29. The van der Waals surface area contributed by atoms with Crippen LogP contribution in [0.4, 0.5) is 5.69 Å². The first kappa shape index (κ1) is 12.8. The van der Waals surface area contributed by atoms with E-state index in [9.17, 15) is 13.2 Å². The molecule has 0 bridgehead atoms. The van der Waals surface area contributed by atoms with Gasteiger partial charge in [-0.15, -0.1) is 11.3 Å². The Morgan fingerprint density at radius 2 is 1.95 bits per heavy atom. The minimum atomic E-state index is -3.71. The van der Waals surface area contributed by atoms with E-state index in [-0.39, 0.29) is 16.2 Å². The molecule has 4 nitrogen and oxygen atoms in total. The van der Waals surface area contributed by atoms with Crippen molar-refractivity contribution in [3.05, 3.63) is 44.6 Å². The van der Waals surface area contributed by atoms with Crippen LogP contribution < -0.4 is 4.31 Å². The lowest BCUT2D eigenvalue weighted by atomic mass is 10.1. The summed E-state index contributed by atoms with van der Waals surface area (Å²) in [4.78, 5) is 13.0. The second-order valence-electron chi connectivity index (χ2n) is 4.06. The van der Waals surface area contributed by atoms with Crippen LogP contribution in [0.25, 0.3) is 0 Å². The van der Waals surface area contributed by atoms with Gasteiger partial charge in [-0.3, -0.25) is 9.10 Å². The molecular weight excluding hydrogens is 350 g/mol. The normalized spacial score (nSPS) is 16.7. The van der Waals surface area contributed by atoms with E-state index in [0.29, 0.717) is 15.0 Å². The Hall–Kier alpha value is -1.18. The molecule has 0 amide bonds. The Kier molecular flexibility index (Phi) is 2.81. The zero-order valence-electron chi connectivity index (χ0n) is 9.75. The molecule has 3 rings (SSSR count). The molecule has 1 aromatic heterocycles. The average molecular weight is 358 g/mol. The highest BCUT2D eigenvalue weighted by molar-refractivity contribution is 9.10. The highest BCUT2D eigenvalue weighted by atomic mass is 79.9. The van der Waals surface area contributed by atoms with Crippen LogP contribution in [0, 0.1) is 0 Å². The molecule has 2 aromatic rings. The molecule has 1 aliphatic heterocycles. The molecule has 0 atom stereocenters. The van der Waals surface area contributed by atoms with E-state index in [4.69, 9.17) is 0 Å². The number of benzene rings is 1. The molecular formula is C12H8BrNO3S2. The van der Waals surface area contributed by atoms with Gasteiger partial charge in [0.2, 0.25) is 5.78 Å². The van der Waals surface area contributed by atoms with E-state index in [1.54, 1.807) is 23.6 Å². The Bertz CT molecular complexity index is 795. The Morgan fingerprint density at radius 3 is 2.68 bits per heavy atom. The zero-order chi connectivity index (χ0) is 13.8. The predicted octanol–water partition coefficient (Wildman–Crippen LogP) is 2.88. The van der Waals surface area contributed by atoms with Gasteiger partial charge < -0.3 is 0 Å². The largest absolute Gasteiger partial charge is 0.288 e. The van der Waals surface area contributed by atoms with Crippen LogP contribution in [0.3, 0.4) is 0 Å². The van der Waals surface area contributed by atoms with Crippen molar-refractivity contribution < 1.29 is 13.2 Å². The summed E-state index contributed by atoms with van der Waals surface area (Å²) in [5.41, 5.74) is 0.633. The predicted molar refractivity (Wildman–Crippen MR) is 77.5 cm³/mol. The first-order valence-corrected chi connectivity index (χ1v) is 8.45. The van der Waals surface area contributed by atoms with Crippen LogP contribution in [0.5, 0.6) is 0 Å². The lowest BCUT2D eigenvalue weighted by Gasteiger charge is -2.17. The molecule has 1 aliphatic rings. The molecule has 0 aliphatic carbocycles. The van der Waals surface area contributed by atoms with E-state index in [0.717, 1.165) is 4.31 Å². The summed E-state index contributed by atoms with van der Waals surface area (Å²) in [5, 5.41) is 1.72. The first-order chi connectivity index (χ1) is 8.94. The van der Waals surface area contributed by atoms with Gasteiger partial charge in [0.05, 0.1) is 15.1 Å². The molecule has 0 spiro atoms. The van der Waals surface area contributed by atoms with Gasteiger partial charge in [-0.25, -0.2) is 8.42 Å². The number of ketones is 1. The highest BCUT2D eigenvalue weighted by Crippen LogP contribution is 2.42. The third-order valence-electron chi connectivity index (χ3n) is 3.01. The van der Waals surface area contributed by atoms with Crippen molar-refractivity contribution in [2.45, 2.75) is 4.90 Å². The molecule has 1 aromatic carbocycles. The Morgan fingerprint density at radius 1 is 1.26 bits per heavy atom. The molecule has 19 heavy (non-hydrogen) atoms. The molecule has 0 unspecified atom stereocenters. The molecule has 0 saturated carbocycles. The molecule has 7 heteroatoms. The highest BCUT2D eigenvalue weighted by Gasteiger charge is 2.36. The van der Waals surface area contributed by atoms with Crippen molar-refractivity contribution in [1.29, 1.82) is 0 Å². The van der Waals surface area contributed by atoms with Crippen molar-refractivity contribution in [1.82, 2.24) is 0 Å². The molecule has 98 valence electrons. The van der Waals surface area contributed by atoms with E-state index in [1.807, 2.05) is 0 Å². The second kappa shape index (κ2) is 4.16. The molecule has 0 fully saturated rings. The van der Waals surface area contributed by atoms with Crippen molar-refractivity contribution >= 4 is 48.8 Å². The standard InChI is InChI=1S/C12H8BrNO3S2/c1-14-10-8(13)6-18-12(10)11(15)7-4-2-3-5-9(7)19(14,16)17/h2-6H,1H3. The van der Waals surface area contributed by atoms with E-state index in [1.165, 1.54) is 24.5 Å². The van der Waals surface area contributed by atoms with Crippen molar-refractivity contribution in [2.75, 3.05) is 11.4 Å². The number of fused-ring (bicyclic) bond motifs is 2. The van der Waals surface area contributed by atoms with Crippen molar-refractivity contribution in [3.63, 3.8) is 0 Å². The number of halogens is 1. The Labute approximate surface area is 122 Å². The summed E-state index contributed by atoms with van der Waals surface area (Å²) in [5.74, 6) is -0.255. The van der Waals surface area contributed by atoms with E-state index >= 15 is 0 Å². The number of carbonyl (C=O) groups excluding carboxylic acids is 1. The first-order valence-electron chi connectivity index (χ1n) is 5.34. The van der Waals surface area contributed by atoms with Gasteiger partial charge in [-0.2, -0.15) is 0 Å². The zero-order valence-corrected chi connectivity index (χ0v) is 13.0. The van der Waals surface area contributed by atoms with Crippen LogP contribution in [0.2, 0.25) is 0 Å². The fourth-order valence-corrected chi connectivity index (χ4v) is 5.43. The Balaban J connectivity index is 2.45. The number of nitrogens with zero attached hydrogens (tertiary/aromatic N) is 1. The summed E-state index contributed by atoms with van der Waals surface area (Å²) < 4.78 is 26.9. The number of carbonyl (C=O) groups is 1. The number of hydrogen-bond donors (Lipinski definition) is 0. The maximum atomic E-state index is 12.5. The number of anilines is 1. The fourth-order valence-electron chi connectivity index (χ4n) is 2.05. The van der Waals surface area contributed by atoms with Crippen LogP contribution in [-0.2, 0) is 10.0 Å². The van der Waals surface area contributed by atoms with Crippen molar-refractivity contribution in [3.8, 4) is 0 Å². The molecule has 0 N–H and O–H groups in total. The number of sulfonamides is 1. The van der Waals surface area contributed by atoms with Crippen LogP contribution >= 0.6 is 27.3 Å². The van der Waals surface area contributed by atoms with Crippen LogP contribution in [0.1, 0.15) is 15.2 Å². The van der Waals surface area contributed by atoms with Crippen molar-refractivity contribution in [2.24, 2.45) is 0 Å². The van der Waals surface area contributed by atoms with E-state index < -0.39 is 10.0 Å². The number of hydrogen-bond acceptors (Lipinski definition) is 4. The van der Waals surface area contributed by atoms with Gasteiger partial charge in [0, 0.05) is 18.0 Å². The van der Waals surface area contributed by atoms with Gasteiger partial charge in [0.25, 0.3) is 10.0 Å². The lowest BCUT2D eigenvalue weighted by molar-refractivity contribution is 0.104. The third-order valence-corrected chi connectivity index (χ3v) is 6.70. The number of rotatable bonds is 0. The van der Waals surface area contributed by atoms with Gasteiger partial charge in [-0.05, 0) is 28.1 Å². The smallest absolute Gasteiger partial charge is 0.264 e. The molecule has 2 heterocycles. The van der Waals surface area contributed by atoms with Gasteiger partial charge in [-0.1, -0.05) is 12.1 Å². The minimum Gasteiger partial charge on any atom is -0.288 e. The topological polar surface area (TPSA) is 54.5 Å². The van der Waals surface area contributed by atoms with E-state index in [2.05, 4.69) is 15.9 Å². The van der Waals surface area contributed by atoms with Gasteiger partial charge in [0.1, 0.15) is 4.88 Å². The maximum absolute atomic E-state index is 12.5. The maximum Gasteiger partial charge on any atom is 0.264 e.